The Hall–Kier alpha value is -3.60. The van der Waals surface area contributed by atoms with Gasteiger partial charge in [0.2, 0.25) is 10.0 Å². The topological polar surface area (TPSA) is 111 Å². The molecule has 11 heteroatoms. The number of carbonyl (C=O) groups excluding carboxylic acids is 2. The van der Waals surface area contributed by atoms with Crippen LogP contribution in [0.2, 0.25) is 5.02 Å². The van der Waals surface area contributed by atoms with Gasteiger partial charge in [-0.05, 0) is 41.5 Å². The highest BCUT2D eigenvalue weighted by atomic mass is 35.5. The van der Waals surface area contributed by atoms with Crippen molar-refractivity contribution in [3.05, 3.63) is 88.4 Å². The van der Waals surface area contributed by atoms with E-state index in [1.807, 2.05) is 30.3 Å². The Morgan fingerprint density at radius 2 is 1.62 bits per heavy atom. The zero-order chi connectivity index (χ0) is 27.0. The molecule has 0 bridgehead atoms. The Kier molecular flexibility index (Phi) is 9.51. The van der Waals surface area contributed by atoms with Crippen molar-refractivity contribution in [2.45, 2.75) is 18.0 Å². The highest BCUT2D eigenvalue weighted by molar-refractivity contribution is 7.89. The van der Waals surface area contributed by atoms with Gasteiger partial charge in [-0.2, -0.15) is 4.31 Å². The number of amides is 1. The number of hydrogen-bond acceptors (Lipinski definition) is 7. The van der Waals surface area contributed by atoms with Gasteiger partial charge in [-0.1, -0.05) is 48.0 Å². The molecule has 0 spiro atoms. The van der Waals surface area contributed by atoms with Crippen molar-refractivity contribution >= 4 is 33.5 Å². The molecule has 0 fully saturated rings. The highest BCUT2D eigenvalue weighted by Gasteiger charge is 2.24. The number of hydrogen-bond donors (Lipinski definition) is 1. The van der Waals surface area contributed by atoms with Crippen molar-refractivity contribution in [3.8, 4) is 11.5 Å². The van der Waals surface area contributed by atoms with Gasteiger partial charge in [0, 0.05) is 20.1 Å². The third kappa shape index (κ3) is 7.22. The van der Waals surface area contributed by atoms with E-state index in [-0.39, 0.29) is 28.6 Å². The van der Waals surface area contributed by atoms with Crippen molar-refractivity contribution in [2.24, 2.45) is 0 Å². The first-order valence-electron chi connectivity index (χ1n) is 11.1. The van der Waals surface area contributed by atoms with Gasteiger partial charge in [0.25, 0.3) is 5.91 Å². The molecule has 9 nitrogen and oxygen atoms in total. The van der Waals surface area contributed by atoms with Crippen LogP contribution in [-0.4, -0.2) is 52.5 Å². The quantitative estimate of drug-likeness (QED) is 0.365. The van der Waals surface area contributed by atoms with Crippen LogP contribution in [0.5, 0.6) is 11.5 Å². The molecule has 3 rings (SSSR count). The molecular weight excluding hydrogens is 520 g/mol. The summed E-state index contributed by atoms with van der Waals surface area (Å²) < 4.78 is 42.8. The molecule has 0 saturated carbocycles. The molecule has 3 aromatic rings. The van der Waals surface area contributed by atoms with Crippen LogP contribution in [0.1, 0.15) is 21.5 Å². The summed E-state index contributed by atoms with van der Waals surface area (Å²) in [6.45, 7) is -0.266. The Morgan fingerprint density at radius 1 is 0.919 bits per heavy atom. The van der Waals surface area contributed by atoms with E-state index >= 15 is 0 Å². The van der Waals surface area contributed by atoms with Crippen LogP contribution >= 0.6 is 11.6 Å². The predicted molar refractivity (Wildman–Crippen MR) is 138 cm³/mol. The molecule has 0 atom stereocenters. The van der Waals surface area contributed by atoms with E-state index in [1.165, 1.54) is 37.7 Å². The summed E-state index contributed by atoms with van der Waals surface area (Å²) in [6, 6.07) is 18.0. The third-order valence-electron chi connectivity index (χ3n) is 5.39. The van der Waals surface area contributed by atoms with Gasteiger partial charge in [0.15, 0.2) is 18.1 Å². The van der Waals surface area contributed by atoms with Crippen LogP contribution in [0.25, 0.3) is 0 Å². The zero-order valence-corrected chi connectivity index (χ0v) is 22.1. The number of nitrogens with zero attached hydrogens (tertiary/aromatic N) is 1. The Balaban J connectivity index is 1.62. The SMILES string of the molecule is COc1ccc(CNC(=O)COC(=O)c2cc(S(=O)(=O)N(C)Cc3ccccc3)ccc2Cl)cc1OC. The first kappa shape index (κ1) is 28.0. The summed E-state index contributed by atoms with van der Waals surface area (Å²) in [7, 11) is 0.547. The third-order valence-corrected chi connectivity index (χ3v) is 7.51. The number of nitrogens with one attached hydrogen (secondary N) is 1. The lowest BCUT2D eigenvalue weighted by atomic mass is 10.2. The number of benzene rings is 3. The molecule has 1 amide bonds. The van der Waals surface area contributed by atoms with Gasteiger partial charge in [-0.15, -0.1) is 0 Å². The molecule has 0 radical (unpaired) electrons. The molecular formula is C26H27ClN2O7S. The van der Waals surface area contributed by atoms with Crippen molar-refractivity contribution in [1.82, 2.24) is 9.62 Å². The fraction of sp³-hybridized carbons (Fsp3) is 0.231. The Morgan fingerprint density at radius 3 is 2.30 bits per heavy atom. The Labute approximate surface area is 221 Å². The highest BCUT2D eigenvalue weighted by Crippen LogP contribution is 2.27. The average molecular weight is 547 g/mol. The minimum atomic E-state index is -3.92. The molecule has 0 aliphatic rings. The minimum absolute atomic E-state index is 0.000369. The van der Waals surface area contributed by atoms with E-state index in [0.29, 0.717) is 11.5 Å². The molecule has 1 N–H and O–H groups in total. The van der Waals surface area contributed by atoms with Crippen molar-refractivity contribution in [3.63, 3.8) is 0 Å². The molecule has 3 aromatic carbocycles. The lowest BCUT2D eigenvalue weighted by Crippen LogP contribution is -2.28. The van der Waals surface area contributed by atoms with Gasteiger partial charge in [0.05, 0.1) is 29.7 Å². The van der Waals surface area contributed by atoms with Gasteiger partial charge < -0.3 is 19.5 Å². The summed E-state index contributed by atoms with van der Waals surface area (Å²) in [5.41, 5.74) is 1.39. The molecule has 0 aromatic heterocycles. The van der Waals surface area contributed by atoms with Crippen molar-refractivity contribution < 1.29 is 32.2 Å². The predicted octanol–water partition coefficient (Wildman–Crippen LogP) is 3.65. The normalized spacial score (nSPS) is 11.2. The first-order valence-corrected chi connectivity index (χ1v) is 12.9. The molecule has 0 unspecified atom stereocenters. The van der Waals surface area contributed by atoms with Gasteiger partial charge in [0.1, 0.15) is 0 Å². The average Bonchev–Trinajstić information content (AvgIpc) is 2.90. The maximum atomic E-state index is 13.0. The lowest BCUT2D eigenvalue weighted by molar-refractivity contribution is -0.124. The number of sulfonamides is 1. The summed E-state index contributed by atoms with van der Waals surface area (Å²) in [6.07, 6.45) is 0. The number of methoxy groups -OCH3 is 2. The summed E-state index contributed by atoms with van der Waals surface area (Å²) in [5.74, 6) is -0.405. The maximum Gasteiger partial charge on any atom is 0.340 e. The van der Waals surface area contributed by atoms with Crippen molar-refractivity contribution in [2.75, 3.05) is 27.9 Å². The Bertz CT molecular complexity index is 1360. The van der Waals surface area contributed by atoms with Crippen LogP contribution in [-0.2, 0) is 32.6 Å². The van der Waals surface area contributed by atoms with E-state index in [9.17, 15) is 18.0 Å². The number of esters is 1. The first-order chi connectivity index (χ1) is 17.6. The molecule has 37 heavy (non-hydrogen) atoms. The van der Waals surface area contributed by atoms with Crippen LogP contribution in [0.4, 0.5) is 0 Å². The van der Waals surface area contributed by atoms with Crippen LogP contribution in [0.15, 0.2) is 71.6 Å². The largest absolute Gasteiger partial charge is 0.493 e. The molecule has 0 aliphatic heterocycles. The van der Waals surface area contributed by atoms with Crippen LogP contribution < -0.4 is 14.8 Å². The van der Waals surface area contributed by atoms with Crippen LogP contribution in [0, 0.1) is 0 Å². The minimum Gasteiger partial charge on any atom is -0.493 e. The second kappa shape index (κ2) is 12.6. The second-order valence-corrected chi connectivity index (χ2v) is 10.4. The van der Waals surface area contributed by atoms with E-state index in [4.69, 9.17) is 25.8 Å². The second-order valence-electron chi connectivity index (χ2n) is 7.93. The standard InChI is InChI=1S/C26H27ClN2O7S/c1-29(16-18-7-5-4-6-8-18)37(32,33)20-10-11-22(27)21(14-20)26(31)36-17-25(30)28-15-19-9-12-23(34-2)24(13-19)35-3/h4-14H,15-17H2,1-3H3,(H,28,30). The fourth-order valence-electron chi connectivity index (χ4n) is 3.38. The number of carbonyl (C=O) groups is 2. The zero-order valence-electron chi connectivity index (χ0n) is 20.6. The molecule has 0 heterocycles. The molecule has 0 saturated heterocycles. The van der Waals surface area contributed by atoms with E-state index in [2.05, 4.69) is 5.32 Å². The number of rotatable bonds is 11. The van der Waals surface area contributed by atoms with E-state index < -0.39 is 28.5 Å². The van der Waals surface area contributed by atoms with E-state index in [0.717, 1.165) is 17.2 Å². The molecule has 0 aliphatic carbocycles. The fourth-order valence-corrected chi connectivity index (χ4v) is 4.76. The molecule has 196 valence electrons. The van der Waals surface area contributed by atoms with Crippen molar-refractivity contribution in [1.29, 1.82) is 0 Å². The van der Waals surface area contributed by atoms with Gasteiger partial charge in [-0.25, -0.2) is 13.2 Å². The lowest BCUT2D eigenvalue weighted by Gasteiger charge is -2.18. The van der Waals surface area contributed by atoms with E-state index in [1.54, 1.807) is 18.2 Å². The maximum absolute atomic E-state index is 13.0. The summed E-state index contributed by atoms with van der Waals surface area (Å²) >= 11 is 6.13. The van der Waals surface area contributed by atoms with Gasteiger partial charge >= 0.3 is 5.97 Å². The summed E-state index contributed by atoms with van der Waals surface area (Å²) in [5, 5.41) is 2.64. The monoisotopic (exact) mass is 546 g/mol. The smallest absolute Gasteiger partial charge is 0.340 e. The number of ether oxygens (including phenoxy) is 3. The number of halogens is 1. The van der Waals surface area contributed by atoms with Crippen LogP contribution in [0.3, 0.4) is 0 Å². The van der Waals surface area contributed by atoms with Gasteiger partial charge in [-0.3, -0.25) is 4.79 Å². The summed E-state index contributed by atoms with van der Waals surface area (Å²) in [4.78, 5) is 24.7.